The fraction of sp³-hybridized carbons (Fsp3) is 0.111. The number of nitrogens with one attached hydrogen (secondary N) is 1. The summed E-state index contributed by atoms with van der Waals surface area (Å²) in [5, 5.41) is 11.0. The summed E-state index contributed by atoms with van der Waals surface area (Å²) < 4.78 is 13.5. The highest BCUT2D eigenvalue weighted by atomic mass is 79.9. The van der Waals surface area contributed by atoms with E-state index >= 15 is 0 Å². The molecule has 1 aromatic rings. The van der Waals surface area contributed by atoms with Gasteiger partial charge in [0.05, 0.1) is 5.69 Å². The van der Waals surface area contributed by atoms with Crippen LogP contribution in [0.25, 0.3) is 0 Å². The minimum atomic E-state index is -1.43. The second-order valence-corrected chi connectivity index (χ2v) is 3.62. The van der Waals surface area contributed by atoms with Crippen LogP contribution in [-0.2, 0) is 4.79 Å². The molecule has 0 atom stereocenters. The largest absolute Gasteiger partial charge is 0.478 e. The Morgan fingerprint density at radius 1 is 1.47 bits per heavy atom. The van der Waals surface area contributed by atoms with Crippen LogP contribution < -0.4 is 5.32 Å². The van der Waals surface area contributed by atoms with Gasteiger partial charge in [-0.3, -0.25) is 4.79 Å². The van der Waals surface area contributed by atoms with Crippen LogP contribution in [0.2, 0.25) is 0 Å². The van der Waals surface area contributed by atoms with E-state index in [1.54, 1.807) is 0 Å². The van der Waals surface area contributed by atoms with Crippen LogP contribution in [0.4, 0.5) is 10.1 Å². The van der Waals surface area contributed by atoms with Crippen molar-refractivity contribution in [1.29, 1.82) is 0 Å². The van der Waals surface area contributed by atoms with Crippen molar-refractivity contribution < 1.29 is 19.1 Å². The zero-order chi connectivity index (χ0) is 11.6. The van der Waals surface area contributed by atoms with E-state index in [1.165, 1.54) is 13.0 Å². The average molecular weight is 276 g/mol. The molecule has 0 aliphatic rings. The van der Waals surface area contributed by atoms with E-state index in [2.05, 4.69) is 21.2 Å². The summed E-state index contributed by atoms with van der Waals surface area (Å²) in [5.74, 6) is -2.80. The van der Waals surface area contributed by atoms with Gasteiger partial charge in [0.25, 0.3) is 0 Å². The van der Waals surface area contributed by atoms with Gasteiger partial charge in [0.1, 0.15) is 11.4 Å². The molecule has 0 aromatic heterocycles. The second-order valence-electron chi connectivity index (χ2n) is 2.77. The third kappa shape index (κ3) is 2.53. The van der Waals surface area contributed by atoms with Crippen LogP contribution in [-0.4, -0.2) is 17.0 Å². The highest BCUT2D eigenvalue weighted by Crippen LogP contribution is 2.28. The molecule has 4 nitrogen and oxygen atoms in total. The molecule has 6 heteroatoms. The van der Waals surface area contributed by atoms with Crippen molar-refractivity contribution in [2.75, 3.05) is 5.32 Å². The number of halogens is 2. The predicted molar refractivity (Wildman–Crippen MR) is 55.4 cm³/mol. The quantitative estimate of drug-likeness (QED) is 0.870. The molecule has 0 aliphatic carbocycles. The normalized spacial score (nSPS) is 9.80. The van der Waals surface area contributed by atoms with Crippen molar-refractivity contribution in [3.8, 4) is 0 Å². The summed E-state index contributed by atoms with van der Waals surface area (Å²) >= 11 is 3.03. The van der Waals surface area contributed by atoms with Crippen molar-refractivity contribution in [2.45, 2.75) is 6.92 Å². The fourth-order valence-corrected chi connectivity index (χ4v) is 1.49. The number of hydrogen-bond donors (Lipinski definition) is 2. The number of carbonyl (C=O) groups excluding carboxylic acids is 1. The van der Waals surface area contributed by atoms with Crippen molar-refractivity contribution in [3.05, 3.63) is 28.0 Å². The fourth-order valence-electron chi connectivity index (χ4n) is 1.06. The standard InChI is InChI=1S/C9H7BrFNO3/c1-4(13)12-8-5(10)2-3-6(11)7(8)9(14)15/h2-3H,1H3,(H,12,13)(H,14,15). The summed E-state index contributed by atoms with van der Waals surface area (Å²) in [5.41, 5.74) is -0.630. The van der Waals surface area contributed by atoms with Gasteiger partial charge in [-0.05, 0) is 28.1 Å². The molecule has 1 aromatic carbocycles. The summed E-state index contributed by atoms with van der Waals surface area (Å²) in [6.07, 6.45) is 0. The molecular weight excluding hydrogens is 269 g/mol. The minimum Gasteiger partial charge on any atom is -0.478 e. The summed E-state index contributed by atoms with van der Waals surface area (Å²) in [7, 11) is 0. The SMILES string of the molecule is CC(=O)Nc1c(Br)ccc(F)c1C(=O)O. The lowest BCUT2D eigenvalue weighted by molar-refractivity contribution is -0.114. The molecule has 0 radical (unpaired) electrons. The van der Waals surface area contributed by atoms with Crippen LogP contribution >= 0.6 is 15.9 Å². The van der Waals surface area contributed by atoms with Gasteiger partial charge < -0.3 is 10.4 Å². The van der Waals surface area contributed by atoms with Crippen LogP contribution in [0.5, 0.6) is 0 Å². The topological polar surface area (TPSA) is 66.4 Å². The molecule has 1 rings (SSSR count). The van der Waals surface area contributed by atoms with E-state index in [0.29, 0.717) is 4.47 Å². The van der Waals surface area contributed by atoms with Crippen LogP contribution in [0.15, 0.2) is 16.6 Å². The third-order valence-corrected chi connectivity index (χ3v) is 2.28. The molecule has 15 heavy (non-hydrogen) atoms. The van der Waals surface area contributed by atoms with Crippen molar-refractivity contribution in [1.82, 2.24) is 0 Å². The number of amides is 1. The maximum atomic E-state index is 13.2. The highest BCUT2D eigenvalue weighted by molar-refractivity contribution is 9.10. The van der Waals surface area contributed by atoms with Crippen LogP contribution in [0.1, 0.15) is 17.3 Å². The first-order chi connectivity index (χ1) is 6.93. The number of carbonyl (C=O) groups is 2. The van der Waals surface area contributed by atoms with Gasteiger partial charge in [-0.1, -0.05) is 0 Å². The number of benzene rings is 1. The van der Waals surface area contributed by atoms with E-state index in [0.717, 1.165) is 6.07 Å². The molecule has 2 N–H and O–H groups in total. The maximum Gasteiger partial charge on any atom is 0.340 e. The van der Waals surface area contributed by atoms with Gasteiger partial charge in [0.15, 0.2) is 0 Å². The average Bonchev–Trinajstić information content (AvgIpc) is 2.10. The van der Waals surface area contributed by atoms with Gasteiger partial charge in [-0.2, -0.15) is 0 Å². The molecule has 0 bridgehead atoms. The first-order valence-electron chi connectivity index (χ1n) is 3.92. The molecule has 0 saturated heterocycles. The van der Waals surface area contributed by atoms with Gasteiger partial charge in [-0.15, -0.1) is 0 Å². The molecule has 0 aliphatic heterocycles. The summed E-state index contributed by atoms with van der Waals surface area (Å²) in [6.45, 7) is 1.21. The van der Waals surface area contributed by atoms with Gasteiger partial charge in [-0.25, -0.2) is 9.18 Å². The van der Waals surface area contributed by atoms with Gasteiger partial charge >= 0.3 is 5.97 Å². The minimum absolute atomic E-state index is 0.0741. The maximum absolute atomic E-state index is 13.2. The monoisotopic (exact) mass is 275 g/mol. The number of hydrogen-bond acceptors (Lipinski definition) is 2. The Bertz CT molecular complexity index is 434. The van der Waals surface area contributed by atoms with Crippen LogP contribution in [0.3, 0.4) is 0 Å². The molecule has 0 fully saturated rings. The number of rotatable bonds is 2. The molecule has 0 heterocycles. The van der Waals surface area contributed by atoms with E-state index in [9.17, 15) is 14.0 Å². The molecule has 80 valence electrons. The lowest BCUT2D eigenvalue weighted by atomic mass is 10.1. The lowest BCUT2D eigenvalue weighted by Gasteiger charge is -2.09. The smallest absolute Gasteiger partial charge is 0.340 e. The molecule has 0 saturated carbocycles. The highest BCUT2D eigenvalue weighted by Gasteiger charge is 2.19. The van der Waals surface area contributed by atoms with Gasteiger partial charge in [0.2, 0.25) is 5.91 Å². The van der Waals surface area contributed by atoms with E-state index < -0.39 is 23.3 Å². The Kier molecular flexibility index (Phi) is 3.41. The number of carboxylic acid groups (broad SMARTS) is 1. The zero-order valence-electron chi connectivity index (χ0n) is 7.67. The van der Waals surface area contributed by atoms with E-state index in [1.807, 2.05) is 0 Å². The number of aromatic carboxylic acids is 1. The summed E-state index contributed by atoms with van der Waals surface area (Å²) in [6, 6.07) is 2.34. The Balaban J connectivity index is 3.38. The molecule has 0 unspecified atom stereocenters. The Labute approximate surface area is 93.2 Å². The first-order valence-corrected chi connectivity index (χ1v) is 4.71. The van der Waals surface area contributed by atoms with E-state index in [-0.39, 0.29) is 5.69 Å². The van der Waals surface area contributed by atoms with Crippen molar-refractivity contribution >= 4 is 33.5 Å². The molecule has 0 spiro atoms. The third-order valence-electron chi connectivity index (χ3n) is 1.62. The van der Waals surface area contributed by atoms with Crippen molar-refractivity contribution in [2.24, 2.45) is 0 Å². The Hall–Kier alpha value is -1.43. The van der Waals surface area contributed by atoms with E-state index in [4.69, 9.17) is 5.11 Å². The number of carboxylic acids is 1. The molecule has 1 amide bonds. The van der Waals surface area contributed by atoms with Crippen molar-refractivity contribution in [3.63, 3.8) is 0 Å². The Morgan fingerprint density at radius 3 is 2.53 bits per heavy atom. The second kappa shape index (κ2) is 4.39. The number of anilines is 1. The Morgan fingerprint density at radius 2 is 2.07 bits per heavy atom. The molecular formula is C9H7BrFNO3. The van der Waals surface area contributed by atoms with Gasteiger partial charge in [0, 0.05) is 11.4 Å². The lowest BCUT2D eigenvalue weighted by Crippen LogP contribution is -2.13. The predicted octanol–water partition coefficient (Wildman–Crippen LogP) is 2.24. The van der Waals surface area contributed by atoms with Crippen LogP contribution in [0, 0.1) is 5.82 Å². The summed E-state index contributed by atoms with van der Waals surface area (Å²) in [4.78, 5) is 21.6. The zero-order valence-corrected chi connectivity index (χ0v) is 9.26. The first kappa shape index (κ1) is 11.6.